The number of nitrogens with zero attached hydrogens (tertiary/aromatic N) is 3. The summed E-state index contributed by atoms with van der Waals surface area (Å²) in [6, 6.07) is 43.5. The third-order valence-corrected chi connectivity index (χ3v) is 11.2. The Morgan fingerprint density at radius 1 is 0.545 bits per heavy atom. The van der Waals surface area contributed by atoms with Crippen LogP contribution in [0.1, 0.15) is 77.3 Å². The average molecular weight is 718 g/mol. The van der Waals surface area contributed by atoms with Gasteiger partial charge in [-0.05, 0) is 98.1 Å². The molecule has 0 aliphatic carbocycles. The van der Waals surface area contributed by atoms with Gasteiger partial charge in [0.2, 0.25) is 5.89 Å². The van der Waals surface area contributed by atoms with Crippen molar-refractivity contribution in [2.75, 3.05) is 0 Å². The molecule has 10 rings (SSSR count). The highest BCUT2D eigenvalue weighted by Gasteiger charge is 2.29. The lowest BCUT2D eigenvalue weighted by molar-refractivity contribution is 0.411. The molecule has 0 fully saturated rings. The molecule has 270 valence electrons. The van der Waals surface area contributed by atoms with Crippen molar-refractivity contribution >= 4 is 65.6 Å². The quantitative estimate of drug-likeness (QED) is 0.166. The van der Waals surface area contributed by atoms with Gasteiger partial charge in [0.1, 0.15) is 28.0 Å². The summed E-state index contributed by atoms with van der Waals surface area (Å²) in [5, 5.41) is 6.96. The zero-order chi connectivity index (χ0) is 37.7. The maximum Gasteiger partial charge on any atom is 0.200 e. The Morgan fingerprint density at radius 2 is 1.24 bits per heavy atom. The van der Waals surface area contributed by atoms with Crippen LogP contribution in [0, 0.1) is 0 Å². The number of imidazole rings is 1. The molecule has 0 unspecified atom stereocenters. The van der Waals surface area contributed by atoms with Crippen molar-refractivity contribution in [3.63, 3.8) is 0 Å². The number of oxazole rings is 1. The summed E-state index contributed by atoms with van der Waals surface area (Å²) in [5.74, 6) is 1.94. The van der Waals surface area contributed by atoms with Crippen LogP contribution in [0.4, 0.5) is 0 Å². The molecule has 0 radical (unpaired) electrons. The molecule has 5 nitrogen and oxygen atoms in total. The van der Waals surface area contributed by atoms with Crippen LogP contribution >= 0.6 is 0 Å². The van der Waals surface area contributed by atoms with Gasteiger partial charge in [-0.25, -0.2) is 9.97 Å². The molecule has 0 spiro atoms. The molecule has 7 aromatic carbocycles. The summed E-state index contributed by atoms with van der Waals surface area (Å²) in [5.41, 5.74) is 11.7. The largest absolute Gasteiger partial charge is 0.455 e. The first-order valence-electron chi connectivity index (χ1n) is 19.4. The van der Waals surface area contributed by atoms with Crippen LogP contribution < -0.4 is 0 Å². The zero-order valence-electron chi connectivity index (χ0n) is 32.4. The predicted molar refractivity (Wildman–Crippen MR) is 229 cm³/mol. The number of aromatic nitrogens is 3. The van der Waals surface area contributed by atoms with Gasteiger partial charge in [-0.1, -0.05) is 127 Å². The highest BCUT2D eigenvalue weighted by atomic mass is 16.4. The van der Waals surface area contributed by atoms with E-state index in [1.54, 1.807) is 0 Å². The average Bonchev–Trinajstić information content (AvgIpc) is 3.90. The molecule has 0 amide bonds. The predicted octanol–water partition coefficient (Wildman–Crippen LogP) is 14.3. The fourth-order valence-electron chi connectivity index (χ4n) is 8.35. The fraction of sp³-hybridized carbons (Fsp3) is 0.200. The van der Waals surface area contributed by atoms with Crippen molar-refractivity contribution in [2.24, 2.45) is 0 Å². The number of benzene rings is 7. The smallest absolute Gasteiger partial charge is 0.200 e. The first kappa shape index (κ1) is 33.4. The fourth-order valence-corrected chi connectivity index (χ4v) is 8.35. The number of para-hydroxylation sites is 1. The first-order chi connectivity index (χ1) is 26.5. The summed E-state index contributed by atoms with van der Waals surface area (Å²) >= 11 is 0. The van der Waals surface area contributed by atoms with Crippen molar-refractivity contribution in [3.8, 4) is 28.2 Å². The van der Waals surface area contributed by atoms with E-state index in [0.29, 0.717) is 5.89 Å². The maximum absolute atomic E-state index is 6.96. The van der Waals surface area contributed by atoms with Crippen LogP contribution in [-0.4, -0.2) is 14.5 Å². The van der Waals surface area contributed by atoms with Gasteiger partial charge in [-0.3, -0.25) is 4.57 Å². The summed E-state index contributed by atoms with van der Waals surface area (Å²) in [6.07, 6.45) is 0. The topological polar surface area (TPSA) is 57.0 Å². The third kappa shape index (κ3) is 5.20. The van der Waals surface area contributed by atoms with Crippen molar-refractivity contribution in [1.82, 2.24) is 14.5 Å². The second-order valence-corrected chi connectivity index (χ2v) is 16.6. The summed E-state index contributed by atoms with van der Waals surface area (Å²) in [7, 11) is 0. The molecule has 0 N–H and O–H groups in total. The Kier molecular flexibility index (Phi) is 7.38. The van der Waals surface area contributed by atoms with E-state index in [0.717, 1.165) is 61.1 Å². The number of hydrogen-bond donors (Lipinski definition) is 0. The third-order valence-electron chi connectivity index (χ3n) is 11.2. The Balaban J connectivity index is 1.33. The Morgan fingerprint density at radius 3 is 1.98 bits per heavy atom. The molecular weight excluding hydrogens is 675 g/mol. The van der Waals surface area contributed by atoms with Crippen LogP contribution in [0.15, 0.2) is 130 Å². The minimum Gasteiger partial charge on any atom is -0.455 e. The second kappa shape index (κ2) is 12.2. The van der Waals surface area contributed by atoms with E-state index in [4.69, 9.17) is 18.8 Å². The number of hydrogen-bond acceptors (Lipinski definition) is 4. The molecule has 0 aliphatic rings. The lowest BCUT2D eigenvalue weighted by atomic mass is 9.88. The van der Waals surface area contributed by atoms with Crippen LogP contribution in [0.5, 0.6) is 0 Å². The van der Waals surface area contributed by atoms with Crippen LogP contribution in [0.3, 0.4) is 0 Å². The molecule has 3 heterocycles. The molecule has 5 heteroatoms. The highest BCUT2D eigenvalue weighted by molar-refractivity contribution is 6.17. The van der Waals surface area contributed by atoms with Crippen LogP contribution in [0.2, 0.25) is 0 Å². The molecule has 3 aromatic heterocycles. The summed E-state index contributed by atoms with van der Waals surface area (Å²) in [4.78, 5) is 10.5. The van der Waals surface area contributed by atoms with Gasteiger partial charge in [0, 0.05) is 16.2 Å². The molecular formula is C50H43N3O2. The number of fused-ring (bicyclic) bond motifs is 9. The van der Waals surface area contributed by atoms with E-state index >= 15 is 0 Å². The summed E-state index contributed by atoms with van der Waals surface area (Å²) in [6.45, 7) is 15.6. The highest BCUT2D eigenvalue weighted by Crippen LogP contribution is 2.45. The first-order valence-corrected chi connectivity index (χ1v) is 19.4. The number of rotatable bonds is 5. The van der Waals surface area contributed by atoms with Crippen molar-refractivity contribution < 1.29 is 8.83 Å². The van der Waals surface area contributed by atoms with E-state index in [1.165, 1.54) is 43.8 Å². The molecule has 0 aliphatic heterocycles. The van der Waals surface area contributed by atoms with Gasteiger partial charge in [-0.15, -0.1) is 0 Å². The summed E-state index contributed by atoms with van der Waals surface area (Å²) < 4.78 is 16.1. The van der Waals surface area contributed by atoms with E-state index in [9.17, 15) is 0 Å². The Labute approximate surface area is 320 Å². The molecule has 10 aromatic rings. The zero-order valence-corrected chi connectivity index (χ0v) is 32.4. The van der Waals surface area contributed by atoms with Gasteiger partial charge < -0.3 is 8.83 Å². The van der Waals surface area contributed by atoms with Gasteiger partial charge >= 0.3 is 0 Å². The minimum atomic E-state index is -0.267. The van der Waals surface area contributed by atoms with Crippen molar-refractivity contribution in [1.29, 1.82) is 0 Å². The lowest BCUT2D eigenvalue weighted by Gasteiger charge is -2.24. The van der Waals surface area contributed by atoms with E-state index < -0.39 is 0 Å². The standard InChI is InChI=1S/C50H43N3O2/c1-28(2)37-25-33(30-14-9-8-10-15-30)26-38(29(3)4)44(37)53-45-41(22-23-42-47(45)55-49(52-42)50(5,6)7)51-48(53)36-19-13-18-35-40-24-32-21-20-31-16-11-12-17-34(31)39(32)27-43(40)54-46(35)36/h8-29H,1-7H3. The Hall–Kier alpha value is -6.20. The molecule has 0 bridgehead atoms. The van der Waals surface area contributed by atoms with E-state index in [2.05, 4.69) is 168 Å². The van der Waals surface area contributed by atoms with Crippen LogP contribution in [0.25, 0.3) is 93.8 Å². The van der Waals surface area contributed by atoms with Gasteiger partial charge in [0.05, 0.1) is 16.8 Å². The number of furan rings is 1. The molecule has 0 saturated heterocycles. The van der Waals surface area contributed by atoms with Gasteiger partial charge in [-0.2, -0.15) is 0 Å². The SMILES string of the molecule is CC(C)c1cc(-c2ccccc2)cc(C(C)C)c1-n1c(-c2cccc3c2oc2cc4c(ccc5ccccc54)cc23)nc2ccc3nc(C(C)(C)C)oc3c21. The molecule has 0 atom stereocenters. The maximum atomic E-state index is 6.96. The van der Waals surface area contributed by atoms with Crippen molar-refractivity contribution in [3.05, 3.63) is 138 Å². The monoisotopic (exact) mass is 717 g/mol. The minimum absolute atomic E-state index is 0.213. The van der Waals surface area contributed by atoms with Crippen molar-refractivity contribution in [2.45, 2.75) is 65.7 Å². The van der Waals surface area contributed by atoms with Crippen LogP contribution in [-0.2, 0) is 5.41 Å². The molecule has 55 heavy (non-hydrogen) atoms. The lowest BCUT2D eigenvalue weighted by Crippen LogP contribution is -2.11. The van der Waals surface area contributed by atoms with Gasteiger partial charge in [0.25, 0.3) is 0 Å². The van der Waals surface area contributed by atoms with E-state index in [1.807, 2.05) is 6.07 Å². The van der Waals surface area contributed by atoms with Gasteiger partial charge in [0.15, 0.2) is 5.58 Å². The molecule has 0 saturated carbocycles. The Bertz CT molecular complexity index is 3100. The normalized spacial score (nSPS) is 12.6. The second-order valence-electron chi connectivity index (χ2n) is 16.6. The van der Waals surface area contributed by atoms with E-state index in [-0.39, 0.29) is 17.3 Å².